The summed E-state index contributed by atoms with van der Waals surface area (Å²) in [4.78, 5) is 13.4. The molecule has 20 heavy (non-hydrogen) atoms. The minimum absolute atomic E-state index is 0.0687. The quantitative estimate of drug-likeness (QED) is 0.822. The van der Waals surface area contributed by atoms with Crippen molar-refractivity contribution in [3.63, 3.8) is 0 Å². The van der Waals surface area contributed by atoms with Crippen LogP contribution in [0.15, 0.2) is 47.2 Å². The van der Waals surface area contributed by atoms with Gasteiger partial charge in [0.15, 0.2) is 0 Å². The molecule has 0 aliphatic carbocycles. The molecule has 0 fully saturated rings. The molecule has 106 valence electrons. The molecule has 2 aromatic rings. The molecule has 0 spiro atoms. The van der Waals surface area contributed by atoms with E-state index in [2.05, 4.69) is 0 Å². The SMILES string of the molecule is O=C(O)C(c1ccsc1)N(CCO)Cc1ccccc1. The molecule has 1 unspecified atom stereocenters. The third-order valence-electron chi connectivity index (χ3n) is 3.07. The summed E-state index contributed by atoms with van der Waals surface area (Å²) in [6, 6.07) is 10.8. The Labute approximate surface area is 121 Å². The van der Waals surface area contributed by atoms with Crippen molar-refractivity contribution in [1.29, 1.82) is 0 Å². The number of hydrogen-bond donors (Lipinski definition) is 2. The van der Waals surface area contributed by atoms with Crippen molar-refractivity contribution < 1.29 is 15.0 Å². The lowest BCUT2D eigenvalue weighted by molar-refractivity contribution is -0.144. The normalized spacial score (nSPS) is 12.5. The van der Waals surface area contributed by atoms with Crippen molar-refractivity contribution in [2.45, 2.75) is 12.6 Å². The fraction of sp³-hybridized carbons (Fsp3) is 0.267. The molecule has 0 aliphatic heterocycles. The fourth-order valence-corrected chi connectivity index (χ4v) is 2.86. The van der Waals surface area contributed by atoms with E-state index in [0.29, 0.717) is 13.1 Å². The van der Waals surface area contributed by atoms with Gasteiger partial charge in [0, 0.05) is 13.1 Å². The van der Waals surface area contributed by atoms with Crippen LogP contribution in [0.1, 0.15) is 17.2 Å². The number of thiophene rings is 1. The van der Waals surface area contributed by atoms with E-state index in [1.54, 1.807) is 4.90 Å². The molecule has 1 atom stereocenters. The number of rotatable bonds is 7. The zero-order valence-electron chi connectivity index (χ0n) is 11.0. The van der Waals surface area contributed by atoms with Gasteiger partial charge >= 0.3 is 5.97 Å². The predicted octanol–water partition coefficient (Wildman–Crippen LogP) is 2.37. The molecule has 0 amide bonds. The van der Waals surface area contributed by atoms with Gasteiger partial charge in [-0.3, -0.25) is 9.69 Å². The lowest BCUT2D eigenvalue weighted by atomic mass is 10.1. The van der Waals surface area contributed by atoms with Gasteiger partial charge in [0.1, 0.15) is 6.04 Å². The number of aliphatic hydroxyl groups excluding tert-OH is 1. The Bertz CT molecular complexity index is 527. The average Bonchev–Trinajstić information content (AvgIpc) is 2.93. The molecule has 0 radical (unpaired) electrons. The minimum Gasteiger partial charge on any atom is -0.480 e. The van der Waals surface area contributed by atoms with Crippen molar-refractivity contribution in [1.82, 2.24) is 4.90 Å². The number of aliphatic carboxylic acids is 1. The van der Waals surface area contributed by atoms with Crippen LogP contribution in [0.4, 0.5) is 0 Å². The lowest BCUT2D eigenvalue weighted by Crippen LogP contribution is -2.35. The molecule has 0 aliphatic rings. The molecular weight excluding hydrogens is 274 g/mol. The Hall–Kier alpha value is -1.69. The van der Waals surface area contributed by atoms with Gasteiger partial charge in [0.25, 0.3) is 0 Å². The van der Waals surface area contributed by atoms with Gasteiger partial charge in [-0.2, -0.15) is 11.3 Å². The molecule has 4 nitrogen and oxygen atoms in total. The number of nitrogens with zero attached hydrogens (tertiary/aromatic N) is 1. The van der Waals surface area contributed by atoms with Gasteiger partial charge in [0.05, 0.1) is 6.61 Å². The van der Waals surface area contributed by atoms with Gasteiger partial charge in [-0.25, -0.2) is 0 Å². The summed E-state index contributed by atoms with van der Waals surface area (Å²) in [6.45, 7) is 0.747. The summed E-state index contributed by atoms with van der Waals surface area (Å²) >= 11 is 1.47. The number of aliphatic hydroxyl groups is 1. The second-order valence-corrected chi connectivity index (χ2v) is 5.26. The Morgan fingerprint density at radius 3 is 2.55 bits per heavy atom. The van der Waals surface area contributed by atoms with Gasteiger partial charge in [-0.05, 0) is 28.0 Å². The van der Waals surface area contributed by atoms with Crippen LogP contribution in [0.5, 0.6) is 0 Å². The molecule has 2 N–H and O–H groups in total. The third kappa shape index (κ3) is 3.66. The summed E-state index contributed by atoms with van der Waals surface area (Å²) < 4.78 is 0. The molecule has 1 heterocycles. The summed E-state index contributed by atoms with van der Waals surface area (Å²) in [5.74, 6) is -0.896. The second-order valence-electron chi connectivity index (χ2n) is 4.48. The highest BCUT2D eigenvalue weighted by Crippen LogP contribution is 2.25. The zero-order valence-corrected chi connectivity index (χ0v) is 11.8. The molecule has 0 bridgehead atoms. The van der Waals surface area contributed by atoms with Crippen LogP contribution < -0.4 is 0 Å². The molecule has 5 heteroatoms. The zero-order chi connectivity index (χ0) is 14.4. The van der Waals surface area contributed by atoms with E-state index < -0.39 is 12.0 Å². The topological polar surface area (TPSA) is 60.8 Å². The first-order valence-electron chi connectivity index (χ1n) is 6.36. The average molecular weight is 291 g/mol. The molecule has 1 aromatic carbocycles. The Balaban J connectivity index is 2.23. The standard InChI is InChI=1S/C15H17NO3S/c17-8-7-16(10-12-4-2-1-3-5-12)14(15(18)19)13-6-9-20-11-13/h1-6,9,11,14,17H,7-8,10H2,(H,18,19). The van der Waals surface area contributed by atoms with E-state index in [1.165, 1.54) is 11.3 Å². The first kappa shape index (κ1) is 14.7. The highest BCUT2D eigenvalue weighted by molar-refractivity contribution is 7.08. The Morgan fingerprint density at radius 1 is 1.25 bits per heavy atom. The predicted molar refractivity (Wildman–Crippen MR) is 78.6 cm³/mol. The highest BCUT2D eigenvalue weighted by atomic mass is 32.1. The first-order chi connectivity index (χ1) is 9.72. The van der Waals surface area contributed by atoms with Crippen LogP contribution in [0.3, 0.4) is 0 Å². The van der Waals surface area contributed by atoms with Crippen molar-refractivity contribution in [2.75, 3.05) is 13.2 Å². The molecule has 0 saturated heterocycles. The van der Waals surface area contributed by atoms with Crippen molar-refractivity contribution in [3.05, 3.63) is 58.3 Å². The van der Waals surface area contributed by atoms with Gasteiger partial charge in [-0.15, -0.1) is 0 Å². The monoisotopic (exact) mass is 291 g/mol. The number of benzene rings is 1. The number of carbonyl (C=O) groups is 1. The smallest absolute Gasteiger partial charge is 0.325 e. The summed E-state index contributed by atoms with van der Waals surface area (Å²) in [6.07, 6.45) is 0. The number of carboxylic acids is 1. The van der Waals surface area contributed by atoms with Crippen LogP contribution in [-0.4, -0.2) is 34.2 Å². The van der Waals surface area contributed by atoms with Crippen molar-refractivity contribution >= 4 is 17.3 Å². The van der Waals surface area contributed by atoms with Crippen LogP contribution >= 0.6 is 11.3 Å². The maximum Gasteiger partial charge on any atom is 0.325 e. The fourth-order valence-electron chi connectivity index (χ4n) is 2.19. The van der Waals surface area contributed by atoms with Crippen LogP contribution in [-0.2, 0) is 11.3 Å². The Morgan fingerprint density at radius 2 is 2.00 bits per heavy atom. The lowest BCUT2D eigenvalue weighted by Gasteiger charge is -2.27. The molecule has 1 aromatic heterocycles. The van der Waals surface area contributed by atoms with Crippen LogP contribution in [0.25, 0.3) is 0 Å². The highest BCUT2D eigenvalue weighted by Gasteiger charge is 2.27. The van der Waals surface area contributed by atoms with Crippen LogP contribution in [0.2, 0.25) is 0 Å². The van der Waals surface area contributed by atoms with Gasteiger partial charge in [-0.1, -0.05) is 30.3 Å². The Kier molecular flexibility index (Phi) is 5.29. The first-order valence-corrected chi connectivity index (χ1v) is 7.30. The maximum absolute atomic E-state index is 11.6. The minimum atomic E-state index is -0.896. The summed E-state index contributed by atoms with van der Waals surface area (Å²) in [5.41, 5.74) is 1.79. The van der Waals surface area contributed by atoms with E-state index >= 15 is 0 Å². The number of hydrogen-bond acceptors (Lipinski definition) is 4. The van der Waals surface area contributed by atoms with E-state index in [0.717, 1.165) is 11.1 Å². The van der Waals surface area contributed by atoms with Gasteiger partial charge in [0.2, 0.25) is 0 Å². The van der Waals surface area contributed by atoms with E-state index in [1.807, 2.05) is 47.2 Å². The van der Waals surface area contributed by atoms with E-state index in [9.17, 15) is 15.0 Å². The van der Waals surface area contributed by atoms with Crippen molar-refractivity contribution in [2.24, 2.45) is 0 Å². The van der Waals surface area contributed by atoms with E-state index in [-0.39, 0.29) is 6.61 Å². The largest absolute Gasteiger partial charge is 0.480 e. The van der Waals surface area contributed by atoms with Gasteiger partial charge < -0.3 is 10.2 Å². The van der Waals surface area contributed by atoms with Crippen molar-refractivity contribution in [3.8, 4) is 0 Å². The maximum atomic E-state index is 11.6. The molecule has 2 rings (SSSR count). The third-order valence-corrected chi connectivity index (χ3v) is 3.78. The summed E-state index contributed by atoms with van der Waals surface area (Å²) in [5, 5.41) is 22.4. The van der Waals surface area contributed by atoms with Crippen LogP contribution in [0, 0.1) is 0 Å². The van der Waals surface area contributed by atoms with E-state index in [4.69, 9.17) is 0 Å². The summed E-state index contributed by atoms with van der Waals surface area (Å²) in [7, 11) is 0. The molecule has 0 saturated carbocycles. The number of carboxylic acid groups (broad SMARTS) is 1. The second kappa shape index (κ2) is 7.19. The molecular formula is C15H17NO3S.